The minimum atomic E-state index is -4.94. The molecule has 0 saturated heterocycles. The fourth-order valence-corrected chi connectivity index (χ4v) is 7.10. The number of imidazole rings is 2. The average molecular weight is 1330 g/mol. The first-order valence-electron chi connectivity index (χ1n) is 26.1. The van der Waals surface area contributed by atoms with E-state index in [0.717, 1.165) is 95.4 Å². The van der Waals surface area contributed by atoms with Crippen LogP contribution in [0.4, 0.5) is 0 Å². The molecule has 0 unspecified atom stereocenters. The summed E-state index contributed by atoms with van der Waals surface area (Å²) in [5, 5.41) is 62.7. The van der Waals surface area contributed by atoms with Crippen LogP contribution in [0.1, 0.15) is 167 Å². The summed E-state index contributed by atoms with van der Waals surface area (Å²) in [5.74, 6) is 0.154. The molecule has 4 aromatic heterocycles. The second-order valence-corrected chi connectivity index (χ2v) is 23.8. The van der Waals surface area contributed by atoms with Gasteiger partial charge < -0.3 is 30.0 Å². The quantitative estimate of drug-likeness (QED) is 0.130. The molecule has 2 N–H and O–H groups in total. The molecular formula is C60H82Cl2Cu2N12O10. The van der Waals surface area contributed by atoms with Crippen LogP contribution in [0, 0.1) is 79.7 Å². The molecule has 0 aliphatic carbocycles. The smallest absolute Gasteiger partial charge is 0.871 e. The summed E-state index contributed by atoms with van der Waals surface area (Å²) in [5.41, 5.74) is 10.9. The topological polar surface area (TPSA) is 411 Å². The first-order valence-corrected chi connectivity index (χ1v) is 28.5. The number of rotatable bonds is 12. The van der Waals surface area contributed by atoms with Gasteiger partial charge in [-0.05, 0) is 94.2 Å². The molecule has 0 atom stereocenters. The monoisotopic (exact) mass is 1330 g/mol. The summed E-state index contributed by atoms with van der Waals surface area (Å²) < 4.78 is 71.7. The van der Waals surface area contributed by atoms with Gasteiger partial charge in [0.15, 0.2) is 0 Å². The van der Waals surface area contributed by atoms with E-state index in [2.05, 4.69) is 126 Å². The molecule has 6 aromatic rings. The van der Waals surface area contributed by atoms with Gasteiger partial charge in [-0.1, -0.05) is 119 Å². The van der Waals surface area contributed by atoms with Gasteiger partial charge in [0, 0.05) is 102 Å². The molecule has 6 rings (SSSR count). The Hall–Kier alpha value is -6.06. The maximum atomic E-state index is 13.3. The number of benzene rings is 2. The molecule has 2 aromatic carbocycles. The number of hydrogen-bond donors (Lipinski definition) is 2. The SMILES string of the molecule is CC#N.CC#N.CC#N.CC#N.Cc1cccc(CNCCc2cn(-c3cc(C(C)(C)C)cc(C(C)(C)C)c3[O-])cn2)n1.Cc1cccc(CNCCc2cn(-c3cc(C(C)(C)C)cc(C(C)(C)C)c3[O-])cn2)n1.[Cu+2].[Cu+2].[O-][Cl+3]([O-])([O-])[O-].[O-][Cl+3]([O-])([O-])[O-]. The van der Waals surface area contributed by atoms with Crippen molar-refractivity contribution in [1.29, 1.82) is 21.0 Å². The third-order valence-electron chi connectivity index (χ3n) is 10.9. The molecule has 0 aliphatic rings. The molecule has 0 aliphatic heterocycles. The number of nitrogens with one attached hydrogen (secondary N) is 2. The number of halogens is 2. The molecule has 0 saturated carbocycles. The Morgan fingerprint density at radius 1 is 0.465 bits per heavy atom. The third-order valence-corrected chi connectivity index (χ3v) is 10.9. The normalized spacial score (nSPS) is 10.7. The predicted octanol–water partition coefficient (Wildman–Crippen LogP) is 1.76. The van der Waals surface area contributed by atoms with Crippen molar-refractivity contribution in [1.82, 2.24) is 39.7 Å². The number of nitriles is 4. The zero-order valence-electron chi connectivity index (χ0n) is 52.2. The summed E-state index contributed by atoms with van der Waals surface area (Å²) in [7, 11) is -9.89. The van der Waals surface area contributed by atoms with Crippen LogP contribution in [0.25, 0.3) is 11.4 Å². The van der Waals surface area contributed by atoms with Crippen LogP contribution in [0.5, 0.6) is 11.5 Å². The van der Waals surface area contributed by atoms with E-state index in [-0.39, 0.29) is 67.3 Å². The van der Waals surface area contributed by atoms with E-state index in [4.69, 9.17) is 58.3 Å². The van der Waals surface area contributed by atoms with E-state index in [1.165, 1.54) is 27.7 Å². The van der Waals surface area contributed by atoms with Gasteiger partial charge in [0.05, 0.1) is 59.7 Å². The number of nitrogens with zero attached hydrogens (tertiary/aromatic N) is 10. The summed E-state index contributed by atoms with van der Waals surface area (Å²) >= 11 is 0. The van der Waals surface area contributed by atoms with Gasteiger partial charge in [-0.25, -0.2) is 47.2 Å². The minimum Gasteiger partial charge on any atom is -0.871 e. The Kier molecular flexibility index (Phi) is 41.3. The van der Waals surface area contributed by atoms with Crippen LogP contribution < -0.4 is 58.1 Å². The first-order chi connectivity index (χ1) is 38.6. The van der Waals surface area contributed by atoms with Crippen LogP contribution >= 0.6 is 0 Å². The molecule has 2 radical (unpaired) electrons. The Morgan fingerprint density at radius 3 is 0.965 bits per heavy atom. The van der Waals surface area contributed by atoms with E-state index in [9.17, 15) is 10.2 Å². The summed E-state index contributed by atoms with van der Waals surface area (Å²) in [6.07, 6.45) is 9.04. The maximum Gasteiger partial charge on any atom is 2.00 e. The maximum absolute atomic E-state index is 13.3. The van der Waals surface area contributed by atoms with Crippen LogP contribution in [0.15, 0.2) is 85.7 Å². The molecular weight excluding hydrogens is 1250 g/mol. The molecule has 4 heterocycles. The molecule has 0 spiro atoms. The molecule has 22 nitrogen and oxygen atoms in total. The molecule has 86 heavy (non-hydrogen) atoms. The second-order valence-electron chi connectivity index (χ2n) is 22.3. The van der Waals surface area contributed by atoms with Crippen molar-refractivity contribution in [3.05, 3.63) is 142 Å². The Morgan fingerprint density at radius 2 is 0.733 bits per heavy atom. The van der Waals surface area contributed by atoms with Gasteiger partial charge in [-0.2, -0.15) is 21.0 Å². The number of aromatic nitrogens is 6. The van der Waals surface area contributed by atoms with Gasteiger partial charge in [-0.3, -0.25) is 9.97 Å². The molecule has 0 fully saturated rings. The number of pyridine rings is 2. The van der Waals surface area contributed by atoms with Crippen LogP contribution in [-0.2, 0) is 81.7 Å². The van der Waals surface area contributed by atoms with Crippen LogP contribution in [0.3, 0.4) is 0 Å². The molecule has 0 amide bonds. The van der Waals surface area contributed by atoms with Crippen molar-refractivity contribution >= 4 is 0 Å². The van der Waals surface area contributed by atoms with E-state index in [0.29, 0.717) is 11.4 Å². The van der Waals surface area contributed by atoms with E-state index < -0.39 is 20.5 Å². The largest absolute Gasteiger partial charge is 2.00 e. The fraction of sp³-hybridized carbons (Fsp3) is 0.467. The fourth-order valence-electron chi connectivity index (χ4n) is 7.10. The van der Waals surface area contributed by atoms with Gasteiger partial charge in [-0.15, -0.1) is 20.5 Å². The first kappa shape index (κ1) is 86.4. The second kappa shape index (κ2) is 41.2. The average Bonchev–Trinajstić information content (AvgIpc) is 2.98. The third kappa shape index (κ3) is 38.2. The van der Waals surface area contributed by atoms with E-state index in [1.807, 2.05) is 83.9 Å². The van der Waals surface area contributed by atoms with E-state index in [1.54, 1.807) is 36.9 Å². The summed E-state index contributed by atoms with van der Waals surface area (Å²) in [6, 6.07) is 27.3. The Labute approximate surface area is 534 Å². The Bertz CT molecular complexity index is 2840. The minimum absolute atomic E-state index is 0. The predicted molar refractivity (Wildman–Crippen MR) is 295 cm³/mol. The number of hydrogen-bond acceptors (Lipinski definition) is 20. The summed E-state index contributed by atoms with van der Waals surface area (Å²) in [4.78, 5) is 18.1. The standard InChI is InChI=1S/2C26H36N4O.4C2H3N.2ClHO4.2Cu/c2*1-18-9-8-10-20(29-18)15-27-12-11-21-16-30(17-28-21)23-14-19(25(2,3)4)13-22(24(23)31)26(5,6)7;4*1-2-3;2*2-1(3,4)5;;/h2*8-10,13-14,16-17,27,31H,11-12,15H2,1-7H3;4*1H3;2*(H,2,3,4,5);;/q;;;;;;;;2*+2/p-4. The van der Waals surface area contributed by atoms with Crippen molar-refractivity contribution in [3.8, 4) is 47.2 Å². The van der Waals surface area contributed by atoms with Crippen LogP contribution in [-0.4, -0.2) is 42.2 Å². The number of aryl methyl sites for hydroxylation is 2. The van der Waals surface area contributed by atoms with Crippen molar-refractivity contribution in [2.24, 2.45) is 0 Å². The molecule has 0 bridgehead atoms. The van der Waals surface area contributed by atoms with Crippen molar-refractivity contribution < 1.29 is 102 Å². The molecule has 26 heteroatoms. The van der Waals surface area contributed by atoms with Gasteiger partial charge >= 0.3 is 34.1 Å². The van der Waals surface area contributed by atoms with Crippen molar-refractivity contribution in [3.63, 3.8) is 0 Å². The van der Waals surface area contributed by atoms with Gasteiger partial charge in [0.25, 0.3) is 0 Å². The van der Waals surface area contributed by atoms with Crippen molar-refractivity contribution in [2.75, 3.05) is 13.1 Å². The Balaban J connectivity index is -0.000000572. The van der Waals surface area contributed by atoms with Crippen LogP contribution in [0.2, 0.25) is 0 Å². The van der Waals surface area contributed by atoms with Gasteiger partial charge in [0.1, 0.15) is 0 Å². The zero-order valence-corrected chi connectivity index (χ0v) is 55.6. The van der Waals surface area contributed by atoms with Gasteiger partial charge in [0.2, 0.25) is 0 Å². The summed E-state index contributed by atoms with van der Waals surface area (Å²) in [6.45, 7) is 38.4. The van der Waals surface area contributed by atoms with E-state index >= 15 is 0 Å². The molecule has 478 valence electrons. The van der Waals surface area contributed by atoms with Crippen molar-refractivity contribution in [2.45, 2.75) is 172 Å². The zero-order chi connectivity index (χ0) is 65.5.